The number of alkyl halides is 3. The third-order valence-corrected chi connectivity index (χ3v) is 4.39. The van der Waals surface area contributed by atoms with Crippen LogP contribution < -0.4 is 11.1 Å². The molecule has 2 atom stereocenters. The molecule has 2 aromatic rings. The molecule has 0 saturated heterocycles. The molecule has 4 nitrogen and oxygen atoms in total. The predicted molar refractivity (Wildman–Crippen MR) is 88.0 cm³/mol. The number of ketones is 1. The van der Waals surface area contributed by atoms with Crippen LogP contribution in [0.25, 0.3) is 0 Å². The topological polar surface area (TPSA) is 72.2 Å². The van der Waals surface area contributed by atoms with E-state index in [2.05, 4.69) is 11.4 Å². The van der Waals surface area contributed by atoms with Crippen LogP contribution in [-0.4, -0.2) is 17.7 Å². The molecule has 2 aromatic carbocycles. The molecule has 0 fully saturated rings. The van der Waals surface area contributed by atoms with Crippen molar-refractivity contribution in [1.29, 1.82) is 0 Å². The smallest absolute Gasteiger partial charge is 0.368 e. The van der Waals surface area contributed by atoms with E-state index < -0.39 is 29.7 Å². The van der Waals surface area contributed by atoms with Crippen molar-refractivity contribution in [3.8, 4) is 0 Å². The van der Waals surface area contributed by atoms with Gasteiger partial charge in [-0.1, -0.05) is 36.4 Å². The number of hydrogen-bond donors (Lipinski definition) is 2. The Kier molecular flexibility index (Phi) is 4.82. The zero-order valence-corrected chi connectivity index (χ0v) is 13.6. The van der Waals surface area contributed by atoms with Gasteiger partial charge in [0.05, 0.1) is 17.6 Å². The van der Waals surface area contributed by atoms with E-state index in [1.54, 1.807) is 18.2 Å². The normalized spacial score (nSPS) is 19.7. The molecule has 135 valence electrons. The molecule has 2 unspecified atom stereocenters. The first-order valence-electron chi connectivity index (χ1n) is 7.99. The molecule has 7 heteroatoms. The van der Waals surface area contributed by atoms with Gasteiger partial charge >= 0.3 is 6.18 Å². The highest BCUT2D eigenvalue weighted by Gasteiger charge is 2.34. The molecule has 1 amide bonds. The van der Waals surface area contributed by atoms with Crippen LogP contribution in [0.15, 0.2) is 42.5 Å². The number of primary amides is 1. The minimum Gasteiger partial charge on any atom is -0.368 e. The van der Waals surface area contributed by atoms with Crippen LogP contribution in [0.2, 0.25) is 0 Å². The minimum atomic E-state index is -4.47. The Morgan fingerprint density at radius 2 is 2.04 bits per heavy atom. The zero-order chi connectivity index (χ0) is 18.9. The number of rotatable bonds is 4. The fraction of sp³-hybridized carbons (Fsp3) is 0.263. The van der Waals surface area contributed by atoms with Crippen molar-refractivity contribution in [2.45, 2.75) is 31.1 Å². The zero-order valence-electron chi connectivity index (χ0n) is 13.6. The third kappa shape index (κ3) is 3.77. The van der Waals surface area contributed by atoms with Gasteiger partial charge < -0.3 is 5.73 Å². The molecule has 26 heavy (non-hydrogen) atoms. The number of amides is 1. The highest BCUT2D eigenvalue weighted by molar-refractivity contribution is 5.90. The molecule has 3 N–H and O–H groups in total. The van der Waals surface area contributed by atoms with Gasteiger partial charge in [0.25, 0.3) is 0 Å². The fourth-order valence-corrected chi connectivity index (χ4v) is 3.12. The molecule has 1 aliphatic heterocycles. The van der Waals surface area contributed by atoms with Crippen LogP contribution >= 0.6 is 0 Å². The maximum absolute atomic E-state index is 12.8. The van der Waals surface area contributed by atoms with Crippen LogP contribution in [0.3, 0.4) is 0 Å². The molecule has 0 spiro atoms. The summed E-state index contributed by atoms with van der Waals surface area (Å²) in [5.41, 5.74) is 6.29. The van der Waals surface area contributed by atoms with Crippen LogP contribution in [0.5, 0.6) is 0 Å². The van der Waals surface area contributed by atoms with E-state index in [1.807, 2.05) is 0 Å². The van der Waals surface area contributed by atoms with Crippen LogP contribution in [0.1, 0.15) is 28.3 Å². The van der Waals surface area contributed by atoms with Crippen molar-refractivity contribution < 1.29 is 22.8 Å². The fourth-order valence-electron chi connectivity index (χ4n) is 3.12. The number of nitrogens with two attached hydrogens (primary N) is 1. The Labute approximate surface area is 148 Å². The van der Waals surface area contributed by atoms with E-state index in [1.165, 1.54) is 12.1 Å². The first kappa shape index (κ1) is 18.1. The van der Waals surface area contributed by atoms with E-state index in [-0.39, 0.29) is 17.8 Å². The first-order valence-corrected chi connectivity index (χ1v) is 7.99. The van der Waals surface area contributed by atoms with Gasteiger partial charge in [0.1, 0.15) is 0 Å². The lowest BCUT2D eigenvalue weighted by molar-refractivity contribution is -0.137. The van der Waals surface area contributed by atoms with E-state index in [9.17, 15) is 22.8 Å². The Morgan fingerprint density at radius 3 is 2.73 bits per heavy atom. The number of halogens is 3. The van der Waals surface area contributed by atoms with Gasteiger partial charge in [-0.05, 0) is 35.2 Å². The number of carbonyl (C=O) groups is 2. The Bertz CT molecular complexity index is 849. The SMILES string of the molecule is NC(=O)C1Cc2c[c]ccc2C(C(=O)Cc2cccc(C(F)(F)F)c2)N1. The van der Waals surface area contributed by atoms with Gasteiger partial charge in [-0.15, -0.1) is 0 Å². The van der Waals surface area contributed by atoms with Crippen molar-refractivity contribution in [2.75, 3.05) is 0 Å². The largest absolute Gasteiger partial charge is 0.416 e. The Balaban J connectivity index is 1.86. The summed E-state index contributed by atoms with van der Waals surface area (Å²) < 4.78 is 38.5. The molecular weight excluding hydrogens is 345 g/mol. The standard InChI is InChI=1S/C19H16F3N2O2/c20-19(21,22)13-6-3-4-11(8-13)9-16(25)17-14-7-2-1-5-12(14)10-15(24-17)18(23)26/h2-8,15,17,24H,9-10H2,(H2,23,26). The Hall–Kier alpha value is -2.67. The molecular formula is C19H16F3N2O2. The maximum Gasteiger partial charge on any atom is 0.416 e. The van der Waals surface area contributed by atoms with Gasteiger partial charge in [-0.2, -0.15) is 13.2 Å². The predicted octanol–water partition coefficient (Wildman–Crippen LogP) is 2.36. The number of hydrogen-bond acceptors (Lipinski definition) is 3. The quantitative estimate of drug-likeness (QED) is 0.878. The average molecular weight is 361 g/mol. The van der Waals surface area contributed by atoms with Crippen molar-refractivity contribution in [2.24, 2.45) is 5.73 Å². The van der Waals surface area contributed by atoms with Crippen LogP contribution in [0.4, 0.5) is 13.2 Å². The second kappa shape index (κ2) is 6.92. The number of carbonyl (C=O) groups excluding carboxylic acids is 2. The van der Waals surface area contributed by atoms with Gasteiger partial charge in [0.15, 0.2) is 5.78 Å². The number of benzene rings is 2. The second-order valence-electron chi connectivity index (χ2n) is 6.22. The summed E-state index contributed by atoms with van der Waals surface area (Å²) in [5.74, 6) is -0.918. The highest BCUT2D eigenvalue weighted by atomic mass is 19.4. The Morgan fingerprint density at radius 1 is 1.27 bits per heavy atom. The lowest BCUT2D eigenvalue weighted by atomic mass is 9.86. The van der Waals surface area contributed by atoms with E-state index in [0.29, 0.717) is 12.0 Å². The van der Waals surface area contributed by atoms with E-state index in [0.717, 1.165) is 17.7 Å². The van der Waals surface area contributed by atoms with Gasteiger partial charge in [0.2, 0.25) is 5.91 Å². The molecule has 1 radical (unpaired) electrons. The average Bonchev–Trinajstić information content (AvgIpc) is 2.60. The molecule has 1 aliphatic rings. The monoisotopic (exact) mass is 361 g/mol. The minimum absolute atomic E-state index is 0.189. The van der Waals surface area contributed by atoms with Crippen molar-refractivity contribution in [3.63, 3.8) is 0 Å². The molecule has 0 bridgehead atoms. The molecule has 3 rings (SSSR count). The summed E-state index contributed by atoms with van der Waals surface area (Å²) in [6.07, 6.45) is -4.32. The lowest BCUT2D eigenvalue weighted by Gasteiger charge is -2.30. The second-order valence-corrected chi connectivity index (χ2v) is 6.22. The van der Waals surface area contributed by atoms with Gasteiger partial charge in [-0.3, -0.25) is 14.9 Å². The van der Waals surface area contributed by atoms with Crippen molar-refractivity contribution in [3.05, 3.63) is 70.8 Å². The molecule has 1 heterocycles. The highest BCUT2D eigenvalue weighted by Crippen LogP contribution is 2.31. The van der Waals surface area contributed by atoms with Crippen molar-refractivity contribution >= 4 is 11.7 Å². The van der Waals surface area contributed by atoms with Crippen LogP contribution in [0, 0.1) is 6.07 Å². The summed E-state index contributed by atoms with van der Waals surface area (Å²) in [6, 6.07) is 11.1. The number of Topliss-reactive ketones (excluding diaryl/α,β-unsaturated/α-hetero) is 1. The van der Waals surface area contributed by atoms with Crippen molar-refractivity contribution in [1.82, 2.24) is 5.32 Å². The van der Waals surface area contributed by atoms with E-state index >= 15 is 0 Å². The summed E-state index contributed by atoms with van der Waals surface area (Å²) in [6.45, 7) is 0. The summed E-state index contributed by atoms with van der Waals surface area (Å²) >= 11 is 0. The third-order valence-electron chi connectivity index (χ3n) is 4.39. The molecule has 0 aromatic heterocycles. The maximum atomic E-state index is 12.8. The molecule has 0 saturated carbocycles. The number of nitrogens with one attached hydrogen (secondary N) is 1. The lowest BCUT2D eigenvalue weighted by Crippen LogP contribution is -2.50. The van der Waals surface area contributed by atoms with Crippen LogP contribution in [-0.2, 0) is 28.6 Å². The summed E-state index contributed by atoms with van der Waals surface area (Å²) in [7, 11) is 0. The number of fused-ring (bicyclic) bond motifs is 1. The molecule has 0 aliphatic carbocycles. The van der Waals surface area contributed by atoms with Gasteiger partial charge in [0, 0.05) is 6.42 Å². The summed E-state index contributed by atoms with van der Waals surface area (Å²) in [5, 5.41) is 2.91. The summed E-state index contributed by atoms with van der Waals surface area (Å²) in [4.78, 5) is 24.3. The van der Waals surface area contributed by atoms with E-state index in [4.69, 9.17) is 5.73 Å². The first-order chi connectivity index (χ1) is 12.3. The van der Waals surface area contributed by atoms with Gasteiger partial charge in [-0.25, -0.2) is 0 Å².